The molecule has 88 valence electrons. The maximum atomic E-state index is 12.8. The van der Waals surface area contributed by atoms with E-state index in [2.05, 4.69) is 10.6 Å². The fraction of sp³-hybridized carbons (Fsp3) is 0.500. The molecule has 1 aliphatic rings. The minimum Gasteiger partial charge on any atom is -0.394 e. The van der Waals surface area contributed by atoms with Crippen molar-refractivity contribution in [2.75, 3.05) is 25.0 Å². The molecule has 0 atom stereocenters. The van der Waals surface area contributed by atoms with Gasteiger partial charge in [0.25, 0.3) is 0 Å². The van der Waals surface area contributed by atoms with E-state index in [9.17, 15) is 9.50 Å². The van der Waals surface area contributed by atoms with Crippen LogP contribution >= 0.6 is 0 Å². The lowest BCUT2D eigenvalue weighted by atomic mass is 9.89. The molecule has 1 saturated heterocycles. The molecule has 16 heavy (non-hydrogen) atoms. The maximum Gasteiger partial charge on any atom is 0.123 e. The molecule has 3 N–H and O–H groups in total. The number of nitrogens with one attached hydrogen (secondary N) is 2. The number of anilines is 1. The van der Waals surface area contributed by atoms with Gasteiger partial charge < -0.3 is 15.7 Å². The zero-order chi connectivity index (χ0) is 11.4. The monoisotopic (exact) mass is 224 g/mol. The van der Waals surface area contributed by atoms with Crippen molar-refractivity contribution >= 4 is 5.69 Å². The number of hydrogen-bond acceptors (Lipinski definition) is 3. The highest BCUT2D eigenvalue weighted by molar-refractivity contribution is 5.45. The average molecular weight is 224 g/mol. The lowest BCUT2D eigenvalue weighted by Gasteiger charge is -2.37. The molecular formula is C12H17FN2O. The molecule has 1 heterocycles. The summed E-state index contributed by atoms with van der Waals surface area (Å²) >= 11 is 0. The van der Waals surface area contributed by atoms with E-state index in [-0.39, 0.29) is 18.0 Å². The van der Waals surface area contributed by atoms with Gasteiger partial charge in [-0.15, -0.1) is 0 Å². The second kappa shape index (κ2) is 4.80. The molecule has 0 aromatic heterocycles. The van der Waals surface area contributed by atoms with Crippen LogP contribution in [0.15, 0.2) is 24.3 Å². The Morgan fingerprint density at radius 1 is 1.25 bits per heavy atom. The van der Waals surface area contributed by atoms with E-state index in [0.717, 1.165) is 31.6 Å². The number of rotatable bonds is 3. The van der Waals surface area contributed by atoms with Gasteiger partial charge in [-0.2, -0.15) is 0 Å². The van der Waals surface area contributed by atoms with Crippen LogP contribution in [-0.4, -0.2) is 30.3 Å². The van der Waals surface area contributed by atoms with Crippen LogP contribution in [0.5, 0.6) is 0 Å². The summed E-state index contributed by atoms with van der Waals surface area (Å²) in [6, 6.07) is 6.26. The van der Waals surface area contributed by atoms with E-state index < -0.39 is 0 Å². The van der Waals surface area contributed by atoms with Crippen LogP contribution in [0.1, 0.15) is 12.8 Å². The largest absolute Gasteiger partial charge is 0.394 e. The molecule has 0 spiro atoms. The Morgan fingerprint density at radius 3 is 2.44 bits per heavy atom. The second-order valence-corrected chi connectivity index (χ2v) is 4.32. The first kappa shape index (κ1) is 11.4. The summed E-state index contributed by atoms with van der Waals surface area (Å²) in [6.07, 6.45) is 1.75. The molecule has 1 aromatic carbocycles. The molecule has 0 unspecified atom stereocenters. The van der Waals surface area contributed by atoms with Crippen molar-refractivity contribution in [2.24, 2.45) is 0 Å². The Balaban J connectivity index is 2.08. The summed E-state index contributed by atoms with van der Waals surface area (Å²) in [5, 5.41) is 16.1. The number of benzene rings is 1. The first-order valence-corrected chi connectivity index (χ1v) is 5.59. The zero-order valence-electron chi connectivity index (χ0n) is 9.17. The van der Waals surface area contributed by atoms with Gasteiger partial charge in [0.05, 0.1) is 12.1 Å². The molecule has 1 aliphatic heterocycles. The summed E-state index contributed by atoms with van der Waals surface area (Å²) in [4.78, 5) is 0. The van der Waals surface area contributed by atoms with Crippen molar-refractivity contribution in [1.29, 1.82) is 0 Å². The molecule has 4 heteroatoms. The van der Waals surface area contributed by atoms with Crippen LogP contribution in [0.3, 0.4) is 0 Å². The topological polar surface area (TPSA) is 44.3 Å². The van der Waals surface area contributed by atoms with Crippen LogP contribution in [0.2, 0.25) is 0 Å². The molecule has 2 rings (SSSR count). The number of aliphatic hydroxyl groups excluding tert-OH is 1. The Hall–Kier alpha value is -1.13. The smallest absolute Gasteiger partial charge is 0.123 e. The molecule has 0 aliphatic carbocycles. The Morgan fingerprint density at radius 2 is 1.88 bits per heavy atom. The van der Waals surface area contributed by atoms with Gasteiger partial charge in [-0.05, 0) is 50.2 Å². The summed E-state index contributed by atoms with van der Waals surface area (Å²) in [5.41, 5.74) is 0.598. The summed E-state index contributed by atoms with van der Waals surface area (Å²) in [7, 11) is 0. The van der Waals surface area contributed by atoms with E-state index in [0.29, 0.717) is 0 Å². The minimum absolute atomic E-state index is 0.103. The molecule has 0 amide bonds. The van der Waals surface area contributed by atoms with E-state index in [1.54, 1.807) is 12.1 Å². The lowest BCUT2D eigenvalue weighted by molar-refractivity contribution is 0.179. The Labute approximate surface area is 94.7 Å². The number of hydrogen-bond donors (Lipinski definition) is 3. The van der Waals surface area contributed by atoms with Gasteiger partial charge in [0.1, 0.15) is 5.82 Å². The third kappa shape index (κ3) is 2.51. The second-order valence-electron chi connectivity index (χ2n) is 4.32. The van der Waals surface area contributed by atoms with Gasteiger partial charge >= 0.3 is 0 Å². The molecule has 1 fully saturated rings. The predicted octanol–water partition coefficient (Wildman–Crippen LogP) is 1.35. The molecule has 1 aromatic rings. The van der Waals surface area contributed by atoms with Crippen LogP contribution in [0.4, 0.5) is 10.1 Å². The van der Waals surface area contributed by atoms with E-state index >= 15 is 0 Å². The van der Waals surface area contributed by atoms with Crippen molar-refractivity contribution in [1.82, 2.24) is 5.32 Å². The van der Waals surface area contributed by atoms with E-state index in [1.807, 2.05) is 0 Å². The quantitative estimate of drug-likeness (QED) is 0.726. The first-order chi connectivity index (χ1) is 7.74. The molecule has 0 bridgehead atoms. The minimum atomic E-state index is -0.261. The third-order valence-corrected chi connectivity index (χ3v) is 3.12. The van der Waals surface area contributed by atoms with Crippen LogP contribution in [0.25, 0.3) is 0 Å². The van der Waals surface area contributed by atoms with Gasteiger partial charge in [-0.25, -0.2) is 4.39 Å². The van der Waals surface area contributed by atoms with Crippen LogP contribution in [-0.2, 0) is 0 Å². The lowest BCUT2D eigenvalue weighted by Crippen LogP contribution is -2.50. The average Bonchev–Trinajstić information content (AvgIpc) is 2.33. The fourth-order valence-corrected chi connectivity index (χ4v) is 2.07. The predicted molar refractivity (Wildman–Crippen MR) is 61.9 cm³/mol. The van der Waals surface area contributed by atoms with Gasteiger partial charge in [-0.1, -0.05) is 0 Å². The highest BCUT2D eigenvalue weighted by Crippen LogP contribution is 2.23. The van der Waals surface area contributed by atoms with Crippen molar-refractivity contribution < 1.29 is 9.50 Å². The highest BCUT2D eigenvalue weighted by atomic mass is 19.1. The van der Waals surface area contributed by atoms with Gasteiger partial charge in [-0.3, -0.25) is 0 Å². The first-order valence-electron chi connectivity index (χ1n) is 5.59. The standard InChI is InChI=1S/C12H17FN2O/c13-10-1-3-11(4-2-10)15-12(9-16)5-7-14-8-6-12/h1-4,14-16H,5-9H2. The van der Waals surface area contributed by atoms with Crippen LogP contribution < -0.4 is 10.6 Å². The molecule has 0 saturated carbocycles. The summed E-state index contributed by atoms with van der Waals surface area (Å²) in [6.45, 7) is 1.90. The van der Waals surface area contributed by atoms with Crippen molar-refractivity contribution in [3.05, 3.63) is 30.1 Å². The number of halogens is 1. The molecular weight excluding hydrogens is 207 g/mol. The van der Waals surface area contributed by atoms with Gasteiger partial charge in [0.2, 0.25) is 0 Å². The van der Waals surface area contributed by atoms with Crippen molar-refractivity contribution in [3.8, 4) is 0 Å². The zero-order valence-corrected chi connectivity index (χ0v) is 9.17. The van der Waals surface area contributed by atoms with Gasteiger partial charge in [0, 0.05) is 5.69 Å². The third-order valence-electron chi connectivity index (χ3n) is 3.12. The number of piperidine rings is 1. The summed E-state index contributed by atoms with van der Waals surface area (Å²) in [5.74, 6) is -0.242. The molecule has 3 nitrogen and oxygen atoms in total. The summed E-state index contributed by atoms with van der Waals surface area (Å²) < 4.78 is 12.8. The SMILES string of the molecule is OCC1(Nc2ccc(F)cc2)CCNCC1. The Kier molecular flexibility index (Phi) is 3.41. The van der Waals surface area contributed by atoms with Crippen molar-refractivity contribution in [2.45, 2.75) is 18.4 Å². The van der Waals surface area contributed by atoms with E-state index in [1.165, 1.54) is 12.1 Å². The molecule has 0 radical (unpaired) electrons. The van der Waals surface area contributed by atoms with Gasteiger partial charge in [0.15, 0.2) is 0 Å². The van der Waals surface area contributed by atoms with E-state index in [4.69, 9.17) is 0 Å². The van der Waals surface area contributed by atoms with Crippen molar-refractivity contribution in [3.63, 3.8) is 0 Å². The normalized spacial score (nSPS) is 19.4. The highest BCUT2D eigenvalue weighted by Gasteiger charge is 2.30. The fourth-order valence-electron chi connectivity index (χ4n) is 2.07. The number of aliphatic hydroxyl groups is 1. The maximum absolute atomic E-state index is 12.8. The van der Waals surface area contributed by atoms with Crippen LogP contribution in [0, 0.1) is 5.82 Å². The Bertz CT molecular complexity index is 333.